The Morgan fingerprint density at radius 3 is 2.92 bits per heavy atom. The lowest BCUT2D eigenvalue weighted by molar-refractivity contribution is 0.317. The minimum absolute atomic E-state index is 0.182. The van der Waals surface area contributed by atoms with Gasteiger partial charge in [0, 0.05) is 12.6 Å². The minimum atomic E-state index is 0.182. The van der Waals surface area contributed by atoms with Crippen LogP contribution < -0.4 is 0 Å². The van der Waals surface area contributed by atoms with Crippen molar-refractivity contribution in [2.24, 2.45) is 5.92 Å². The van der Waals surface area contributed by atoms with E-state index in [0.717, 1.165) is 13.0 Å². The van der Waals surface area contributed by atoms with Gasteiger partial charge < -0.3 is 4.74 Å². The van der Waals surface area contributed by atoms with Crippen LogP contribution in [0.25, 0.3) is 0 Å². The molecule has 1 saturated heterocycles. The van der Waals surface area contributed by atoms with E-state index in [-0.39, 0.29) is 5.92 Å². The highest BCUT2D eigenvalue weighted by Gasteiger charge is 2.27. The molecule has 12 heavy (non-hydrogen) atoms. The average molecular weight is 166 g/mol. The van der Waals surface area contributed by atoms with Crippen molar-refractivity contribution in [1.29, 1.82) is 5.26 Å². The van der Waals surface area contributed by atoms with Gasteiger partial charge in [-0.05, 0) is 19.5 Å². The Balaban J connectivity index is 2.47. The monoisotopic (exact) mass is 166 g/mol. The lowest BCUT2D eigenvalue weighted by atomic mass is 10.1. The highest BCUT2D eigenvalue weighted by Crippen LogP contribution is 2.21. The van der Waals surface area contributed by atoms with Crippen molar-refractivity contribution in [3.63, 3.8) is 0 Å². The standard InChI is InChI=1S/C9H14N2O/c1-11-7-8(6-10)5-9(11)3-4-12-2/h3-4,8-9H,5,7H2,1-2H3/b4-3+/t8-,9-/m1/s1. The van der Waals surface area contributed by atoms with Crippen LogP contribution >= 0.6 is 0 Å². The van der Waals surface area contributed by atoms with E-state index in [1.807, 2.05) is 13.1 Å². The first-order valence-corrected chi connectivity index (χ1v) is 4.07. The summed E-state index contributed by atoms with van der Waals surface area (Å²) in [5.41, 5.74) is 0. The highest BCUT2D eigenvalue weighted by atomic mass is 16.5. The van der Waals surface area contributed by atoms with E-state index in [4.69, 9.17) is 10.00 Å². The Labute approximate surface area is 73.2 Å². The third-order valence-electron chi connectivity index (χ3n) is 2.22. The molecule has 0 aliphatic carbocycles. The van der Waals surface area contributed by atoms with Crippen molar-refractivity contribution in [1.82, 2.24) is 4.90 Å². The molecule has 0 amide bonds. The summed E-state index contributed by atoms with van der Waals surface area (Å²) in [5, 5.41) is 8.69. The fraction of sp³-hybridized carbons (Fsp3) is 0.667. The summed E-state index contributed by atoms with van der Waals surface area (Å²) in [6.45, 7) is 0.870. The van der Waals surface area contributed by atoms with Crippen LogP contribution in [0.1, 0.15) is 6.42 Å². The molecule has 0 N–H and O–H groups in total. The lowest BCUT2D eigenvalue weighted by Crippen LogP contribution is -2.22. The van der Waals surface area contributed by atoms with Gasteiger partial charge in [0.05, 0.1) is 25.4 Å². The van der Waals surface area contributed by atoms with Crippen molar-refractivity contribution in [3.8, 4) is 6.07 Å². The number of nitrogens with zero attached hydrogens (tertiary/aromatic N) is 2. The Morgan fingerprint density at radius 2 is 2.42 bits per heavy atom. The molecule has 0 aromatic carbocycles. The number of hydrogen-bond donors (Lipinski definition) is 0. The number of hydrogen-bond acceptors (Lipinski definition) is 3. The first kappa shape index (κ1) is 9.08. The smallest absolute Gasteiger partial charge is 0.0800 e. The first-order valence-electron chi connectivity index (χ1n) is 4.07. The molecule has 1 heterocycles. The molecule has 1 rings (SSSR count). The number of likely N-dealkylation sites (N-methyl/N-ethyl adjacent to an activating group) is 1. The Hall–Kier alpha value is -1.01. The van der Waals surface area contributed by atoms with E-state index in [0.29, 0.717) is 6.04 Å². The van der Waals surface area contributed by atoms with E-state index in [1.54, 1.807) is 13.4 Å². The van der Waals surface area contributed by atoms with E-state index < -0.39 is 0 Å². The van der Waals surface area contributed by atoms with Gasteiger partial charge in [-0.2, -0.15) is 5.26 Å². The SMILES string of the molecule is CO/C=C/[C@@H]1C[C@H](C#N)CN1C. The van der Waals surface area contributed by atoms with Crippen LogP contribution in [0, 0.1) is 17.2 Å². The predicted octanol–water partition coefficient (Wildman–Crippen LogP) is 0.990. The molecule has 3 heteroatoms. The molecule has 0 aromatic heterocycles. The number of rotatable bonds is 2. The van der Waals surface area contributed by atoms with Gasteiger partial charge in [0.25, 0.3) is 0 Å². The van der Waals surface area contributed by atoms with Crippen LogP contribution in [0.4, 0.5) is 0 Å². The molecule has 0 aromatic rings. The van der Waals surface area contributed by atoms with Crippen LogP contribution in [0.2, 0.25) is 0 Å². The fourth-order valence-corrected chi connectivity index (χ4v) is 1.52. The number of nitriles is 1. The zero-order chi connectivity index (χ0) is 8.97. The largest absolute Gasteiger partial charge is 0.505 e. The van der Waals surface area contributed by atoms with Gasteiger partial charge in [0.1, 0.15) is 0 Å². The molecule has 0 spiro atoms. The van der Waals surface area contributed by atoms with Gasteiger partial charge >= 0.3 is 0 Å². The van der Waals surface area contributed by atoms with Crippen molar-refractivity contribution in [2.75, 3.05) is 20.7 Å². The van der Waals surface area contributed by atoms with Crippen molar-refractivity contribution in [2.45, 2.75) is 12.5 Å². The second-order valence-corrected chi connectivity index (χ2v) is 3.13. The van der Waals surface area contributed by atoms with Crippen LogP contribution in [0.5, 0.6) is 0 Å². The van der Waals surface area contributed by atoms with Crippen LogP contribution in [-0.4, -0.2) is 31.6 Å². The number of methoxy groups -OCH3 is 1. The normalized spacial score (nSPS) is 30.8. The predicted molar refractivity (Wildman–Crippen MR) is 46.3 cm³/mol. The Morgan fingerprint density at radius 1 is 1.67 bits per heavy atom. The third kappa shape index (κ3) is 1.99. The molecule has 1 aliphatic heterocycles. The Kier molecular flexibility index (Phi) is 3.12. The molecular weight excluding hydrogens is 152 g/mol. The molecule has 66 valence electrons. The Bertz CT molecular complexity index is 207. The summed E-state index contributed by atoms with van der Waals surface area (Å²) >= 11 is 0. The zero-order valence-corrected chi connectivity index (χ0v) is 7.53. The van der Waals surface area contributed by atoms with Crippen LogP contribution in [-0.2, 0) is 4.74 Å². The third-order valence-corrected chi connectivity index (χ3v) is 2.22. The number of ether oxygens (including phenoxy) is 1. The molecule has 3 nitrogen and oxygen atoms in total. The van der Waals surface area contributed by atoms with Crippen molar-refractivity contribution >= 4 is 0 Å². The molecule has 2 atom stereocenters. The molecule has 1 fully saturated rings. The summed E-state index contributed by atoms with van der Waals surface area (Å²) in [6.07, 6.45) is 4.60. The molecular formula is C9H14N2O. The maximum Gasteiger partial charge on any atom is 0.0800 e. The van der Waals surface area contributed by atoms with Gasteiger partial charge in [0.15, 0.2) is 0 Å². The second kappa shape index (κ2) is 4.13. The maximum absolute atomic E-state index is 8.69. The first-order chi connectivity index (χ1) is 5.77. The van der Waals surface area contributed by atoms with Gasteiger partial charge in [-0.1, -0.05) is 0 Å². The van der Waals surface area contributed by atoms with Crippen molar-refractivity contribution < 1.29 is 4.74 Å². The van der Waals surface area contributed by atoms with E-state index in [9.17, 15) is 0 Å². The molecule has 0 radical (unpaired) electrons. The summed E-state index contributed by atoms with van der Waals surface area (Å²) in [7, 11) is 3.66. The van der Waals surface area contributed by atoms with Gasteiger partial charge in [-0.15, -0.1) is 0 Å². The maximum atomic E-state index is 8.69. The minimum Gasteiger partial charge on any atom is -0.505 e. The highest BCUT2D eigenvalue weighted by molar-refractivity contribution is 5.02. The summed E-state index contributed by atoms with van der Waals surface area (Å²) in [5.74, 6) is 0.182. The fourth-order valence-electron chi connectivity index (χ4n) is 1.52. The van der Waals surface area contributed by atoms with Crippen LogP contribution in [0.3, 0.4) is 0 Å². The quantitative estimate of drug-likeness (QED) is 0.574. The van der Waals surface area contributed by atoms with Gasteiger partial charge in [0.2, 0.25) is 0 Å². The van der Waals surface area contributed by atoms with Gasteiger partial charge in [-0.3, -0.25) is 4.90 Å². The molecule has 0 unspecified atom stereocenters. The molecule has 1 aliphatic rings. The van der Waals surface area contributed by atoms with E-state index in [2.05, 4.69) is 11.0 Å². The second-order valence-electron chi connectivity index (χ2n) is 3.13. The summed E-state index contributed by atoms with van der Waals surface area (Å²) in [4.78, 5) is 2.17. The van der Waals surface area contributed by atoms with Crippen molar-refractivity contribution in [3.05, 3.63) is 12.3 Å². The molecule has 0 saturated carbocycles. The van der Waals surface area contributed by atoms with E-state index in [1.165, 1.54) is 0 Å². The summed E-state index contributed by atoms with van der Waals surface area (Å²) < 4.78 is 4.83. The lowest BCUT2D eigenvalue weighted by Gasteiger charge is -2.13. The number of likely N-dealkylation sites (tertiary alicyclic amines) is 1. The molecule has 0 bridgehead atoms. The average Bonchev–Trinajstić information content (AvgIpc) is 2.43. The van der Waals surface area contributed by atoms with Crippen LogP contribution in [0.15, 0.2) is 12.3 Å². The van der Waals surface area contributed by atoms with Gasteiger partial charge in [-0.25, -0.2) is 0 Å². The topological polar surface area (TPSA) is 36.3 Å². The van der Waals surface area contributed by atoms with E-state index >= 15 is 0 Å². The summed E-state index contributed by atoms with van der Waals surface area (Å²) in [6, 6.07) is 2.65. The zero-order valence-electron chi connectivity index (χ0n) is 7.53.